The van der Waals surface area contributed by atoms with Crippen molar-refractivity contribution in [1.82, 2.24) is 5.32 Å². The Morgan fingerprint density at radius 1 is 1.53 bits per heavy atom. The maximum Gasteiger partial charge on any atom is 0.248 e. The molecule has 1 aromatic carbocycles. The Labute approximate surface area is 102 Å². The first kappa shape index (κ1) is 12.1. The normalized spacial score (nSPS) is 28.9. The third-order valence-corrected chi connectivity index (χ3v) is 4.17. The summed E-state index contributed by atoms with van der Waals surface area (Å²) in [6.07, 6.45) is 1.09. The summed E-state index contributed by atoms with van der Waals surface area (Å²) in [6, 6.07) is 7.76. The fourth-order valence-electron chi connectivity index (χ4n) is 2.59. The smallest absolute Gasteiger partial charge is 0.248 e. The lowest BCUT2D eigenvalue weighted by Gasteiger charge is -2.40. The van der Waals surface area contributed by atoms with E-state index in [0.29, 0.717) is 11.5 Å². The van der Waals surface area contributed by atoms with E-state index in [4.69, 9.17) is 5.73 Å². The van der Waals surface area contributed by atoms with Gasteiger partial charge in [0.25, 0.3) is 0 Å². The number of piperidine rings is 1. The molecule has 1 fully saturated rings. The molecule has 1 amide bonds. The predicted octanol–water partition coefficient (Wildman–Crippen LogP) is 1.67. The van der Waals surface area contributed by atoms with Gasteiger partial charge < -0.3 is 11.1 Å². The highest BCUT2D eigenvalue weighted by molar-refractivity contribution is 5.92. The van der Waals surface area contributed by atoms with Gasteiger partial charge >= 0.3 is 0 Å². The van der Waals surface area contributed by atoms with Gasteiger partial charge in [0, 0.05) is 5.56 Å². The third-order valence-electron chi connectivity index (χ3n) is 4.17. The number of carbonyl (C=O) groups is 1. The number of amides is 1. The number of primary amides is 1. The van der Waals surface area contributed by atoms with Crippen LogP contribution >= 0.6 is 0 Å². The standard InChI is InChI=1S/C14H20N2O/c1-10-9-16-7-6-14(10,2)12-5-3-4-11(8-12)13(15)17/h3-5,8,10,16H,6-7,9H2,1-2H3,(H2,15,17)/t10-,14-/m0/s1. The van der Waals surface area contributed by atoms with Crippen molar-refractivity contribution in [2.75, 3.05) is 13.1 Å². The van der Waals surface area contributed by atoms with Crippen molar-refractivity contribution < 1.29 is 4.79 Å². The minimum absolute atomic E-state index is 0.136. The molecule has 1 aromatic rings. The van der Waals surface area contributed by atoms with Gasteiger partial charge in [0.1, 0.15) is 0 Å². The van der Waals surface area contributed by atoms with Gasteiger partial charge in [0.15, 0.2) is 0 Å². The highest BCUT2D eigenvalue weighted by atomic mass is 16.1. The first-order chi connectivity index (χ1) is 8.04. The molecule has 92 valence electrons. The molecule has 2 atom stereocenters. The van der Waals surface area contributed by atoms with Crippen LogP contribution in [0.2, 0.25) is 0 Å². The van der Waals surface area contributed by atoms with Crippen LogP contribution < -0.4 is 11.1 Å². The number of carbonyl (C=O) groups excluding carboxylic acids is 1. The van der Waals surface area contributed by atoms with Gasteiger partial charge in [-0.15, -0.1) is 0 Å². The Kier molecular flexibility index (Phi) is 3.20. The van der Waals surface area contributed by atoms with Crippen molar-refractivity contribution in [2.24, 2.45) is 11.7 Å². The predicted molar refractivity (Wildman–Crippen MR) is 69.0 cm³/mol. The first-order valence-corrected chi connectivity index (χ1v) is 6.15. The van der Waals surface area contributed by atoms with Crippen molar-refractivity contribution >= 4 is 5.91 Å². The van der Waals surface area contributed by atoms with E-state index in [0.717, 1.165) is 19.5 Å². The molecule has 0 bridgehead atoms. The second-order valence-electron chi connectivity index (χ2n) is 5.22. The Bertz CT molecular complexity index is 430. The number of hydrogen-bond acceptors (Lipinski definition) is 2. The minimum atomic E-state index is -0.350. The molecule has 1 heterocycles. The molecular weight excluding hydrogens is 212 g/mol. The topological polar surface area (TPSA) is 55.1 Å². The Morgan fingerprint density at radius 3 is 2.94 bits per heavy atom. The van der Waals surface area contributed by atoms with E-state index in [2.05, 4.69) is 25.2 Å². The summed E-state index contributed by atoms with van der Waals surface area (Å²) in [5, 5.41) is 3.41. The summed E-state index contributed by atoms with van der Waals surface area (Å²) in [7, 11) is 0. The Hall–Kier alpha value is -1.35. The molecule has 17 heavy (non-hydrogen) atoms. The van der Waals surface area contributed by atoms with Gasteiger partial charge in [-0.2, -0.15) is 0 Å². The van der Waals surface area contributed by atoms with E-state index in [1.165, 1.54) is 5.56 Å². The summed E-state index contributed by atoms with van der Waals surface area (Å²) in [6.45, 7) is 6.58. The molecule has 0 unspecified atom stereocenters. The summed E-state index contributed by atoms with van der Waals surface area (Å²) < 4.78 is 0. The van der Waals surface area contributed by atoms with Crippen LogP contribution in [0.15, 0.2) is 24.3 Å². The molecule has 0 spiro atoms. The Morgan fingerprint density at radius 2 is 2.29 bits per heavy atom. The molecule has 3 N–H and O–H groups in total. The lowest BCUT2D eigenvalue weighted by Crippen LogP contribution is -2.45. The number of nitrogens with two attached hydrogens (primary N) is 1. The summed E-state index contributed by atoms with van der Waals surface area (Å²) in [5.41, 5.74) is 7.31. The quantitative estimate of drug-likeness (QED) is 0.815. The van der Waals surface area contributed by atoms with E-state index in [1.54, 1.807) is 6.07 Å². The zero-order valence-corrected chi connectivity index (χ0v) is 10.5. The van der Waals surface area contributed by atoms with Crippen LogP contribution in [0.1, 0.15) is 36.2 Å². The maximum atomic E-state index is 11.2. The molecular formula is C14H20N2O. The van der Waals surface area contributed by atoms with Crippen LogP contribution in [0.4, 0.5) is 0 Å². The fourth-order valence-corrected chi connectivity index (χ4v) is 2.59. The molecule has 2 rings (SSSR count). The van der Waals surface area contributed by atoms with E-state index in [9.17, 15) is 4.79 Å². The van der Waals surface area contributed by atoms with Gasteiger partial charge in [-0.3, -0.25) is 4.79 Å². The zero-order chi connectivity index (χ0) is 12.5. The molecule has 1 aliphatic heterocycles. The van der Waals surface area contributed by atoms with Crippen molar-refractivity contribution in [1.29, 1.82) is 0 Å². The summed E-state index contributed by atoms with van der Waals surface area (Å²) in [4.78, 5) is 11.2. The van der Waals surface area contributed by atoms with Crippen LogP contribution in [0.3, 0.4) is 0 Å². The van der Waals surface area contributed by atoms with Gasteiger partial charge in [0.05, 0.1) is 0 Å². The average molecular weight is 232 g/mol. The van der Waals surface area contributed by atoms with E-state index < -0.39 is 0 Å². The largest absolute Gasteiger partial charge is 0.366 e. The van der Waals surface area contributed by atoms with Crippen molar-refractivity contribution in [2.45, 2.75) is 25.7 Å². The number of hydrogen-bond donors (Lipinski definition) is 2. The lowest BCUT2D eigenvalue weighted by molar-refractivity contribution is 0.1000. The van der Waals surface area contributed by atoms with Crippen molar-refractivity contribution in [3.05, 3.63) is 35.4 Å². The highest BCUT2D eigenvalue weighted by Gasteiger charge is 2.35. The van der Waals surface area contributed by atoms with E-state index >= 15 is 0 Å². The third kappa shape index (κ3) is 2.20. The second-order valence-corrected chi connectivity index (χ2v) is 5.22. The SMILES string of the molecule is C[C@H]1CNCC[C@]1(C)c1cccc(C(N)=O)c1. The maximum absolute atomic E-state index is 11.2. The van der Waals surface area contributed by atoms with Gasteiger partial charge in [-0.1, -0.05) is 26.0 Å². The van der Waals surface area contributed by atoms with Gasteiger partial charge in [-0.25, -0.2) is 0 Å². The van der Waals surface area contributed by atoms with E-state index in [-0.39, 0.29) is 11.3 Å². The van der Waals surface area contributed by atoms with Gasteiger partial charge in [-0.05, 0) is 48.5 Å². The van der Waals surface area contributed by atoms with Crippen molar-refractivity contribution in [3.63, 3.8) is 0 Å². The molecule has 0 radical (unpaired) electrons. The average Bonchev–Trinajstić information content (AvgIpc) is 2.33. The molecule has 1 aliphatic rings. The lowest BCUT2D eigenvalue weighted by atomic mass is 9.68. The van der Waals surface area contributed by atoms with Crippen LogP contribution in [-0.2, 0) is 5.41 Å². The number of rotatable bonds is 2. The molecule has 0 aromatic heterocycles. The highest BCUT2D eigenvalue weighted by Crippen LogP contribution is 2.37. The Balaban J connectivity index is 2.38. The van der Waals surface area contributed by atoms with Gasteiger partial charge in [0.2, 0.25) is 5.91 Å². The first-order valence-electron chi connectivity index (χ1n) is 6.15. The van der Waals surface area contributed by atoms with Crippen LogP contribution in [0.25, 0.3) is 0 Å². The summed E-state index contributed by atoms with van der Waals surface area (Å²) in [5.74, 6) is 0.205. The van der Waals surface area contributed by atoms with Crippen LogP contribution in [0, 0.1) is 5.92 Å². The monoisotopic (exact) mass is 232 g/mol. The second kappa shape index (κ2) is 4.49. The molecule has 0 saturated carbocycles. The number of benzene rings is 1. The van der Waals surface area contributed by atoms with Crippen LogP contribution in [-0.4, -0.2) is 19.0 Å². The molecule has 1 saturated heterocycles. The molecule has 3 heteroatoms. The number of nitrogens with one attached hydrogen (secondary N) is 1. The molecule has 0 aliphatic carbocycles. The zero-order valence-electron chi connectivity index (χ0n) is 10.5. The van der Waals surface area contributed by atoms with E-state index in [1.807, 2.05) is 12.1 Å². The summed E-state index contributed by atoms with van der Waals surface area (Å²) >= 11 is 0. The van der Waals surface area contributed by atoms with Crippen molar-refractivity contribution in [3.8, 4) is 0 Å². The minimum Gasteiger partial charge on any atom is -0.366 e. The van der Waals surface area contributed by atoms with Crippen LogP contribution in [0.5, 0.6) is 0 Å². The molecule has 3 nitrogen and oxygen atoms in total. The fraction of sp³-hybridized carbons (Fsp3) is 0.500.